The molecule has 1 aliphatic heterocycles. The van der Waals surface area contributed by atoms with Gasteiger partial charge in [0, 0.05) is 38.3 Å². The van der Waals surface area contributed by atoms with Gasteiger partial charge in [-0.15, -0.1) is 0 Å². The second-order valence-corrected chi connectivity index (χ2v) is 6.14. The molecule has 1 aromatic carbocycles. The molecule has 0 aliphatic carbocycles. The van der Waals surface area contributed by atoms with Gasteiger partial charge in [-0.2, -0.15) is 5.10 Å². The molecule has 3 rings (SSSR count). The molecule has 0 saturated carbocycles. The number of benzene rings is 1. The average Bonchev–Trinajstić information content (AvgIpc) is 3.25. The van der Waals surface area contributed by atoms with Crippen LogP contribution in [-0.4, -0.2) is 40.3 Å². The van der Waals surface area contributed by atoms with E-state index in [4.69, 9.17) is 0 Å². The number of rotatable bonds is 7. The zero-order chi connectivity index (χ0) is 16.8. The first-order valence-corrected chi connectivity index (χ1v) is 8.30. The highest BCUT2D eigenvalue weighted by molar-refractivity contribution is 5.75. The number of nitrogens with one attached hydrogen (secondary N) is 1. The van der Waals surface area contributed by atoms with Crippen LogP contribution in [0, 0.1) is 11.7 Å². The van der Waals surface area contributed by atoms with E-state index in [1.54, 1.807) is 23.1 Å². The van der Waals surface area contributed by atoms with E-state index < -0.39 is 0 Å². The molecule has 1 aliphatic rings. The van der Waals surface area contributed by atoms with Crippen molar-refractivity contribution in [3.8, 4) is 0 Å². The van der Waals surface area contributed by atoms with Crippen LogP contribution in [0.1, 0.15) is 19.3 Å². The summed E-state index contributed by atoms with van der Waals surface area (Å²) in [5.74, 6) is 0.303. The van der Waals surface area contributed by atoms with Gasteiger partial charge >= 0.3 is 0 Å². The lowest BCUT2D eigenvalue weighted by molar-refractivity contribution is -0.121. The van der Waals surface area contributed by atoms with Crippen molar-refractivity contribution in [2.24, 2.45) is 5.92 Å². The Morgan fingerprint density at radius 3 is 2.92 bits per heavy atom. The van der Waals surface area contributed by atoms with Crippen molar-refractivity contribution in [3.05, 3.63) is 42.7 Å². The van der Waals surface area contributed by atoms with Crippen molar-refractivity contribution >= 4 is 11.6 Å². The first-order valence-electron chi connectivity index (χ1n) is 8.30. The Morgan fingerprint density at radius 1 is 1.33 bits per heavy atom. The Labute approximate surface area is 140 Å². The summed E-state index contributed by atoms with van der Waals surface area (Å²) in [5.41, 5.74) is 1.04. The monoisotopic (exact) mass is 331 g/mol. The number of aromatic nitrogens is 3. The van der Waals surface area contributed by atoms with Gasteiger partial charge in [-0.3, -0.25) is 9.48 Å². The van der Waals surface area contributed by atoms with Crippen LogP contribution in [0.5, 0.6) is 0 Å². The number of carbonyl (C=O) groups excluding carboxylic acids is 1. The van der Waals surface area contributed by atoms with Gasteiger partial charge in [0.05, 0.1) is 0 Å². The van der Waals surface area contributed by atoms with Gasteiger partial charge in [-0.05, 0) is 43.0 Å². The summed E-state index contributed by atoms with van der Waals surface area (Å²) in [7, 11) is 0. The molecule has 24 heavy (non-hydrogen) atoms. The lowest BCUT2D eigenvalue weighted by atomic mass is 10.1. The van der Waals surface area contributed by atoms with Crippen LogP contribution in [0.15, 0.2) is 36.9 Å². The maximum atomic E-state index is 13.0. The molecule has 1 saturated heterocycles. The van der Waals surface area contributed by atoms with E-state index >= 15 is 0 Å². The SMILES string of the molecule is O=C(CCCn1cncn1)NC[C@@H]1CCN(c2ccc(F)cc2)C1. The van der Waals surface area contributed by atoms with E-state index in [-0.39, 0.29) is 11.7 Å². The summed E-state index contributed by atoms with van der Waals surface area (Å²) in [6.45, 7) is 3.23. The molecular weight excluding hydrogens is 309 g/mol. The number of hydrogen-bond acceptors (Lipinski definition) is 4. The maximum Gasteiger partial charge on any atom is 0.220 e. The maximum absolute atomic E-state index is 13.0. The first-order chi connectivity index (χ1) is 11.7. The molecule has 2 aromatic rings. The van der Waals surface area contributed by atoms with Crippen LogP contribution in [0.4, 0.5) is 10.1 Å². The number of hydrogen-bond donors (Lipinski definition) is 1. The summed E-state index contributed by atoms with van der Waals surface area (Å²) in [5, 5.41) is 7.02. The van der Waals surface area contributed by atoms with Crippen LogP contribution in [0.25, 0.3) is 0 Å². The molecule has 0 radical (unpaired) electrons. The molecular formula is C17H22FN5O. The quantitative estimate of drug-likeness (QED) is 0.841. The van der Waals surface area contributed by atoms with Gasteiger partial charge in [0.25, 0.3) is 0 Å². The molecule has 0 unspecified atom stereocenters. The van der Waals surface area contributed by atoms with E-state index in [9.17, 15) is 9.18 Å². The Bertz CT molecular complexity index is 644. The van der Waals surface area contributed by atoms with Gasteiger partial charge < -0.3 is 10.2 Å². The molecule has 6 nitrogen and oxygen atoms in total. The highest BCUT2D eigenvalue weighted by Crippen LogP contribution is 2.23. The third kappa shape index (κ3) is 4.53. The molecule has 1 atom stereocenters. The number of carbonyl (C=O) groups is 1. The second kappa shape index (κ2) is 7.90. The van der Waals surface area contributed by atoms with E-state index in [1.165, 1.54) is 18.5 Å². The van der Waals surface area contributed by atoms with Gasteiger partial charge in [0.1, 0.15) is 18.5 Å². The van der Waals surface area contributed by atoms with Gasteiger partial charge in [0.15, 0.2) is 0 Å². The van der Waals surface area contributed by atoms with Crippen LogP contribution >= 0.6 is 0 Å². The third-order valence-corrected chi connectivity index (χ3v) is 4.32. The van der Waals surface area contributed by atoms with Crippen LogP contribution in [0.3, 0.4) is 0 Å². The third-order valence-electron chi connectivity index (χ3n) is 4.32. The fraction of sp³-hybridized carbons (Fsp3) is 0.471. The highest BCUT2D eigenvalue weighted by atomic mass is 19.1. The molecule has 1 aromatic heterocycles. The Morgan fingerprint density at radius 2 is 2.17 bits per heavy atom. The lowest BCUT2D eigenvalue weighted by Gasteiger charge is -2.18. The molecule has 7 heteroatoms. The predicted molar refractivity (Wildman–Crippen MR) is 89.0 cm³/mol. The zero-order valence-corrected chi connectivity index (χ0v) is 13.6. The van der Waals surface area contributed by atoms with E-state index in [2.05, 4.69) is 20.3 Å². The standard InChI is InChI=1S/C17H22FN5O/c18-15-3-5-16(6-4-15)22-9-7-14(11-22)10-20-17(24)2-1-8-23-13-19-12-21-23/h3-6,12-14H,1-2,7-11H2,(H,20,24)/t14-/m0/s1. The van der Waals surface area contributed by atoms with Crippen molar-refractivity contribution in [3.63, 3.8) is 0 Å². The normalized spacial score (nSPS) is 17.2. The molecule has 1 amide bonds. The molecule has 0 bridgehead atoms. The Hall–Kier alpha value is -2.44. The van der Waals surface area contributed by atoms with Gasteiger partial charge in [0.2, 0.25) is 5.91 Å². The Kier molecular flexibility index (Phi) is 5.40. The molecule has 0 spiro atoms. The summed E-state index contributed by atoms with van der Waals surface area (Å²) >= 11 is 0. The molecule has 128 valence electrons. The minimum absolute atomic E-state index is 0.0790. The number of aryl methyl sites for hydroxylation is 1. The zero-order valence-electron chi connectivity index (χ0n) is 13.6. The largest absolute Gasteiger partial charge is 0.371 e. The van der Waals surface area contributed by atoms with Crippen molar-refractivity contribution in [2.45, 2.75) is 25.8 Å². The first kappa shape index (κ1) is 16.4. The number of nitrogens with zero attached hydrogens (tertiary/aromatic N) is 4. The summed E-state index contributed by atoms with van der Waals surface area (Å²) in [6, 6.07) is 6.58. The van der Waals surface area contributed by atoms with E-state index in [0.29, 0.717) is 25.4 Å². The Balaban J connectivity index is 1.35. The second-order valence-electron chi connectivity index (χ2n) is 6.14. The number of halogens is 1. The van der Waals surface area contributed by atoms with Crippen molar-refractivity contribution in [1.29, 1.82) is 0 Å². The van der Waals surface area contributed by atoms with E-state index in [0.717, 1.165) is 31.6 Å². The summed E-state index contributed by atoms with van der Waals surface area (Å²) in [6.07, 6.45) is 5.43. The molecule has 2 heterocycles. The van der Waals surface area contributed by atoms with Crippen LogP contribution in [0.2, 0.25) is 0 Å². The minimum Gasteiger partial charge on any atom is -0.371 e. The summed E-state index contributed by atoms with van der Waals surface area (Å²) in [4.78, 5) is 18.0. The molecule has 1 fully saturated rings. The van der Waals surface area contributed by atoms with Crippen molar-refractivity contribution in [1.82, 2.24) is 20.1 Å². The molecule has 1 N–H and O–H groups in total. The number of anilines is 1. The topological polar surface area (TPSA) is 63.1 Å². The summed E-state index contributed by atoms with van der Waals surface area (Å²) < 4.78 is 14.7. The fourth-order valence-electron chi connectivity index (χ4n) is 2.98. The minimum atomic E-state index is -0.215. The van der Waals surface area contributed by atoms with E-state index in [1.807, 2.05) is 0 Å². The number of amides is 1. The van der Waals surface area contributed by atoms with Crippen LogP contribution in [-0.2, 0) is 11.3 Å². The lowest BCUT2D eigenvalue weighted by Crippen LogP contribution is -2.31. The van der Waals surface area contributed by atoms with Crippen molar-refractivity contribution < 1.29 is 9.18 Å². The van der Waals surface area contributed by atoms with Gasteiger partial charge in [-0.25, -0.2) is 9.37 Å². The highest BCUT2D eigenvalue weighted by Gasteiger charge is 2.23. The predicted octanol–water partition coefficient (Wildman–Crippen LogP) is 1.84. The van der Waals surface area contributed by atoms with Crippen LogP contribution < -0.4 is 10.2 Å². The smallest absolute Gasteiger partial charge is 0.220 e. The average molecular weight is 331 g/mol. The van der Waals surface area contributed by atoms with Gasteiger partial charge in [-0.1, -0.05) is 0 Å². The van der Waals surface area contributed by atoms with Crippen molar-refractivity contribution in [2.75, 3.05) is 24.5 Å². The fourth-order valence-corrected chi connectivity index (χ4v) is 2.98.